The molecule has 3 aromatic rings. The van der Waals surface area contributed by atoms with Crippen molar-refractivity contribution in [1.82, 2.24) is 24.3 Å². The van der Waals surface area contributed by atoms with E-state index in [4.69, 9.17) is 0 Å². The molecule has 3 heterocycles. The molecule has 0 saturated heterocycles. The van der Waals surface area contributed by atoms with Crippen molar-refractivity contribution in [3.05, 3.63) is 49.9 Å². The molecule has 0 bridgehead atoms. The fourth-order valence-electron chi connectivity index (χ4n) is 3.12. The summed E-state index contributed by atoms with van der Waals surface area (Å²) in [5, 5.41) is 3.50. The molecule has 0 unspecified atom stereocenters. The van der Waals surface area contributed by atoms with Crippen molar-refractivity contribution in [2.24, 2.45) is 0 Å². The number of nitrogens with one attached hydrogen (secondary N) is 1. The van der Waals surface area contributed by atoms with Crippen molar-refractivity contribution in [3.8, 4) is 5.95 Å². The van der Waals surface area contributed by atoms with Crippen LogP contribution in [-0.4, -0.2) is 24.3 Å². The van der Waals surface area contributed by atoms with Crippen LogP contribution in [0.15, 0.2) is 21.7 Å². The molecule has 0 radical (unpaired) electrons. The molecule has 0 amide bonds. The van der Waals surface area contributed by atoms with E-state index in [9.17, 15) is 9.59 Å². The van der Waals surface area contributed by atoms with Gasteiger partial charge in [0.25, 0.3) is 17.1 Å². The summed E-state index contributed by atoms with van der Waals surface area (Å²) >= 11 is 0. The van der Waals surface area contributed by atoms with Gasteiger partial charge in [0.1, 0.15) is 0 Å². The highest BCUT2D eigenvalue weighted by molar-refractivity contribution is 5.80. The second kappa shape index (κ2) is 4.65. The maximum atomic E-state index is 12.8. The van der Waals surface area contributed by atoms with Crippen LogP contribution in [0.4, 0.5) is 0 Å². The molecule has 0 atom stereocenters. The molecule has 0 aliphatic heterocycles. The zero-order chi connectivity index (χ0) is 16.3. The van der Waals surface area contributed by atoms with Gasteiger partial charge in [0, 0.05) is 29.2 Å². The Morgan fingerprint density at radius 1 is 1.09 bits per heavy atom. The molecule has 1 saturated carbocycles. The molecule has 7 heteroatoms. The van der Waals surface area contributed by atoms with E-state index < -0.39 is 0 Å². The van der Waals surface area contributed by atoms with E-state index in [1.807, 2.05) is 26.8 Å². The van der Waals surface area contributed by atoms with Crippen LogP contribution in [0.5, 0.6) is 0 Å². The number of fused-ring (bicyclic) bond motifs is 1. The van der Waals surface area contributed by atoms with Crippen LogP contribution in [-0.2, 0) is 0 Å². The third kappa shape index (κ3) is 2.11. The van der Waals surface area contributed by atoms with Crippen LogP contribution in [0.1, 0.15) is 36.0 Å². The van der Waals surface area contributed by atoms with E-state index in [1.54, 1.807) is 4.57 Å². The molecule has 1 aliphatic rings. The summed E-state index contributed by atoms with van der Waals surface area (Å²) in [6, 6.07) is 3.56. The Hall–Kier alpha value is -2.70. The number of rotatable bonds is 2. The highest BCUT2D eigenvalue weighted by atomic mass is 16.1. The number of aryl methyl sites for hydroxylation is 3. The summed E-state index contributed by atoms with van der Waals surface area (Å²) in [6.45, 7) is 5.53. The summed E-state index contributed by atoms with van der Waals surface area (Å²) in [7, 11) is 0. The predicted octanol–water partition coefficient (Wildman–Crippen LogP) is 1.53. The molecule has 1 fully saturated rings. The minimum absolute atomic E-state index is 0.0766. The highest BCUT2D eigenvalue weighted by Crippen LogP contribution is 2.35. The van der Waals surface area contributed by atoms with Gasteiger partial charge < -0.3 is 4.57 Å². The molecular weight excluding hydrogens is 294 g/mol. The van der Waals surface area contributed by atoms with Crippen molar-refractivity contribution in [2.45, 2.75) is 39.7 Å². The van der Waals surface area contributed by atoms with E-state index >= 15 is 0 Å². The average Bonchev–Trinajstić information content (AvgIpc) is 3.22. The van der Waals surface area contributed by atoms with Gasteiger partial charge in [-0.05, 0) is 39.7 Å². The molecule has 1 aliphatic carbocycles. The lowest BCUT2D eigenvalue weighted by Crippen LogP contribution is -2.22. The highest BCUT2D eigenvalue weighted by Gasteiger charge is 2.28. The fraction of sp³-hybridized carbons (Fsp3) is 0.375. The molecule has 4 rings (SSSR count). The SMILES string of the molecule is Cc1cc(C)nc(-n2[nH]c3cc(=O)n(C4CC4)c(C)c3c2=O)n1. The molecule has 3 aromatic heterocycles. The Labute approximate surface area is 131 Å². The minimum Gasteiger partial charge on any atom is -0.309 e. The van der Waals surface area contributed by atoms with Crippen LogP contribution in [0, 0.1) is 20.8 Å². The summed E-state index contributed by atoms with van der Waals surface area (Å²) in [5.41, 5.74) is 2.50. The van der Waals surface area contributed by atoms with Crippen molar-refractivity contribution >= 4 is 10.9 Å². The molecule has 1 N–H and O–H groups in total. The topological polar surface area (TPSA) is 85.6 Å². The second-order valence-corrected chi connectivity index (χ2v) is 6.16. The standard InChI is InChI=1S/C16H17N5O2/c1-8-6-9(2)18-16(17-8)21-15(23)14-10(3)20(11-4-5-11)13(22)7-12(14)19-21/h6-7,11,19H,4-5H2,1-3H3. The van der Waals surface area contributed by atoms with E-state index in [1.165, 1.54) is 10.7 Å². The lowest BCUT2D eigenvalue weighted by molar-refractivity contribution is 0.688. The van der Waals surface area contributed by atoms with Gasteiger partial charge in [-0.25, -0.2) is 9.97 Å². The lowest BCUT2D eigenvalue weighted by atomic mass is 10.2. The third-order valence-electron chi connectivity index (χ3n) is 4.23. The van der Waals surface area contributed by atoms with Gasteiger partial charge in [-0.1, -0.05) is 0 Å². The zero-order valence-corrected chi connectivity index (χ0v) is 13.3. The Bertz CT molecular complexity index is 1030. The Balaban J connectivity index is 2.03. The Morgan fingerprint density at radius 3 is 2.35 bits per heavy atom. The number of H-pyrrole nitrogens is 1. The average molecular weight is 311 g/mol. The largest absolute Gasteiger partial charge is 0.309 e. The Morgan fingerprint density at radius 2 is 1.74 bits per heavy atom. The lowest BCUT2D eigenvalue weighted by Gasteiger charge is -2.07. The number of hydrogen-bond donors (Lipinski definition) is 1. The first-order valence-electron chi connectivity index (χ1n) is 7.65. The summed E-state index contributed by atoms with van der Waals surface area (Å²) in [6.07, 6.45) is 1.98. The molecule has 118 valence electrons. The second-order valence-electron chi connectivity index (χ2n) is 6.16. The minimum atomic E-state index is -0.225. The van der Waals surface area contributed by atoms with Gasteiger partial charge in [-0.15, -0.1) is 0 Å². The third-order valence-corrected chi connectivity index (χ3v) is 4.23. The van der Waals surface area contributed by atoms with Gasteiger partial charge in [-0.3, -0.25) is 14.7 Å². The first-order valence-corrected chi connectivity index (χ1v) is 7.65. The number of pyridine rings is 1. The van der Waals surface area contributed by atoms with E-state index in [0.717, 1.165) is 24.2 Å². The van der Waals surface area contributed by atoms with Crippen molar-refractivity contribution in [2.75, 3.05) is 0 Å². The van der Waals surface area contributed by atoms with E-state index in [0.29, 0.717) is 22.5 Å². The molecular formula is C16H17N5O2. The van der Waals surface area contributed by atoms with Gasteiger partial charge >= 0.3 is 0 Å². The van der Waals surface area contributed by atoms with E-state index in [2.05, 4.69) is 15.1 Å². The van der Waals surface area contributed by atoms with Crippen molar-refractivity contribution < 1.29 is 0 Å². The van der Waals surface area contributed by atoms with Gasteiger partial charge in [0.15, 0.2) is 0 Å². The smallest absolute Gasteiger partial charge is 0.283 e. The van der Waals surface area contributed by atoms with Gasteiger partial charge in [-0.2, -0.15) is 4.68 Å². The molecule has 0 aromatic carbocycles. The van der Waals surface area contributed by atoms with Crippen LogP contribution < -0.4 is 11.1 Å². The maximum Gasteiger partial charge on any atom is 0.283 e. The van der Waals surface area contributed by atoms with Crippen LogP contribution in [0.25, 0.3) is 16.9 Å². The fourth-order valence-corrected chi connectivity index (χ4v) is 3.12. The van der Waals surface area contributed by atoms with Gasteiger partial charge in [0.05, 0.1) is 10.9 Å². The first kappa shape index (κ1) is 13.9. The quantitative estimate of drug-likeness (QED) is 0.777. The van der Waals surface area contributed by atoms with Crippen LogP contribution in [0.3, 0.4) is 0 Å². The monoisotopic (exact) mass is 311 g/mol. The maximum absolute atomic E-state index is 12.8. The Kier molecular flexibility index (Phi) is 2.81. The normalized spacial score (nSPS) is 14.6. The number of hydrogen-bond acceptors (Lipinski definition) is 4. The number of nitrogens with zero attached hydrogens (tertiary/aromatic N) is 4. The van der Waals surface area contributed by atoms with Crippen molar-refractivity contribution in [1.29, 1.82) is 0 Å². The molecule has 7 nitrogen and oxygen atoms in total. The summed E-state index contributed by atoms with van der Waals surface area (Å²) in [4.78, 5) is 33.8. The van der Waals surface area contributed by atoms with Gasteiger partial charge in [0.2, 0.25) is 0 Å². The summed E-state index contributed by atoms with van der Waals surface area (Å²) in [5.74, 6) is 0.300. The zero-order valence-electron chi connectivity index (χ0n) is 13.3. The summed E-state index contributed by atoms with van der Waals surface area (Å²) < 4.78 is 3.04. The van der Waals surface area contributed by atoms with E-state index in [-0.39, 0.29) is 17.2 Å². The predicted molar refractivity (Wildman–Crippen MR) is 86.2 cm³/mol. The first-order chi connectivity index (χ1) is 11.0. The number of aromatic amines is 1. The van der Waals surface area contributed by atoms with Crippen LogP contribution in [0.2, 0.25) is 0 Å². The molecule has 23 heavy (non-hydrogen) atoms. The number of aromatic nitrogens is 5. The molecule has 0 spiro atoms. The van der Waals surface area contributed by atoms with Crippen LogP contribution >= 0.6 is 0 Å². The van der Waals surface area contributed by atoms with Crippen molar-refractivity contribution in [3.63, 3.8) is 0 Å².